The van der Waals surface area contributed by atoms with Gasteiger partial charge in [0.2, 0.25) is 5.91 Å². The number of furan rings is 1. The average molecular weight is 343 g/mol. The Morgan fingerprint density at radius 3 is 2.76 bits per heavy atom. The van der Waals surface area contributed by atoms with Gasteiger partial charge in [0.25, 0.3) is 0 Å². The smallest absolute Gasteiger partial charge is 0.244 e. The molecule has 0 atom stereocenters. The number of hydrogen-bond acceptors (Lipinski definition) is 4. The summed E-state index contributed by atoms with van der Waals surface area (Å²) in [5.74, 6) is 2.37. The molecule has 1 N–H and O–H groups in total. The van der Waals surface area contributed by atoms with Gasteiger partial charge >= 0.3 is 0 Å². The van der Waals surface area contributed by atoms with E-state index in [1.807, 2.05) is 31.2 Å². The minimum atomic E-state index is -0.186. The molecule has 5 heteroatoms. The van der Waals surface area contributed by atoms with Crippen LogP contribution in [0.5, 0.6) is 11.5 Å². The van der Waals surface area contributed by atoms with Gasteiger partial charge in [-0.05, 0) is 48.7 Å². The van der Waals surface area contributed by atoms with Crippen molar-refractivity contribution in [2.75, 3.05) is 13.2 Å². The van der Waals surface area contributed by atoms with Crippen molar-refractivity contribution in [1.29, 1.82) is 0 Å². The van der Waals surface area contributed by atoms with E-state index in [0.29, 0.717) is 37.2 Å². The van der Waals surface area contributed by atoms with Crippen LogP contribution in [-0.2, 0) is 11.3 Å². The summed E-state index contributed by atoms with van der Waals surface area (Å²) in [6.45, 7) is 7.66. The molecule has 2 rings (SSSR count). The summed E-state index contributed by atoms with van der Waals surface area (Å²) in [5.41, 5.74) is 0.869. The first-order chi connectivity index (χ1) is 12.1. The zero-order valence-corrected chi connectivity index (χ0v) is 15.0. The molecule has 0 bridgehead atoms. The number of hydrogen-bond donors (Lipinski definition) is 1. The van der Waals surface area contributed by atoms with Gasteiger partial charge in [0.1, 0.15) is 5.76 Å². The largest absolute Gasteiger partial charge is 0.490 e. The lowest BCUT2D eigenvalue weighted by atomic mass is 10.2. The van der Waals surface area contributed by atoms with Gasteiger partial charge in [-0.3, -0.25) is 4.79 Å². The predicted molar refractivity (Wildman–Crippen MR) is 97.5 cm³/mol. The van der Waals surface area contributed by atoms with Crippen LogP contribution in [0.3, 0.4) is 0 Å². The van der Waals surface area contributed by atoms with E-state index in [1.54, 1.807) is 18.4 Å². The average Bonchev–Trinajstić information content (AvgIpc) is 3.11. The predicted octanol–water partition coefficient (Wildman–Crippen LogP) is 4.04. The topological polar surface area (TPSA) is 60.7 Å². The zero-order chi connectivity index (χ0) is 18.1. The van der Waals surface area contributed by atoms with Crippen molar-refractivity contribution in [3.8, 4) is 11.5 Å². The van der Waals surface area contributed by atoms with Crippen LogP contribution >= 0.6 is 0 Å². The fraction of sp³-hybridized carbons (Fsp3) is 0.350. The fourth-order valence-electron chi connectivity index (χ4n) is 2.09. The van der Waals surface area contributed by atoms with E-state index < -0.39 is 0 Å². The number of carbonyl (C=O) groups excluding carboxylic acids is 1. The van der Waals surface area contributed by atoms with E-state index in [-0.39, 0.29) is 5.91 Å². The molecule has 0 radical (unpaired) electrons. The van der Waals surface area contributed by atoms with Crippen molar-refractivity contribution in [3.63, 3.8) is 0 Å². The molecule has 0 aliphatic heterocycles. The first-order valence-corrected chi connectivity index (χ1v) is 8.46. The van der Waals surface area contributed by atoms with Crippen LogP contribution in [0.1, 0.15) is 32.1 Å². The first-order valence-electron chi connectivity index (χ1n) is 8.46. The molecule has 2 aromatic rings. The van der Waals surface area contributed by atoms with Crippen LogP contribution in [0, 0.1) is 5.92 Å². The maximum Gasteiger partial charge on any atom is 0.244 e. The maximum atomic E-state index is 11.9. The van der Waals surface area contributed by atoms with Crippen molar-refractivity contribution in [2.24, 2.45) is 5.92 Å². The lowest BCUT2D eigenvalue weighted by molar-refractivity contribution is -0.116. The Labute approximate surface area is 148 Å². The summed E-state index contributed by atoms with van der Waals surface area (Å²) >= 11 is 0. The molecule has 1 amide bonds. The molecule has 1 aromatic carbocycles. The van der Waals surface area contributed by atoms with E-state index in [9.17, 15) is 4.79 Å². The zero-order valence-electron chi connectivity index (χ0n) is 15.0. The van der Waals surface area contributed by atoms with Gasteiger partial charge in [-0.15, -0.1) is 0 Å². The van der Waals surface area contributed by atoms with Crippen molar-refractivity contribution in [2.45, 2.75) is 27.3 Å². The summed E-state index contributed by atoms with van der Waals surface area (Å²) in [6, 6.07) is 9.24. The van der Waals surface area contributed by atoms with Gasteiger partial charge in [0.15, 0.2) is 11.5 Å². The third kappa shape index (κ3) is 6.37. The highest BCUT2D eigenvalue weighted by Crippen LogP contribution is 2.29. The van der Waals surface area contributed by atoms with E-state index in [0.717, 1.165) is 11.3 Å². The standard InChI is InChI=1S/C20H25NO4/c1-4-23-19-12-16(7-9-18(19)25-14-15(2)3)8-10-20(22)21-13-17-6-5-11-24-17/h5-12,15H,4,13-14H2,1-3H3,(H,21,22). The molecule has 1 heterocycles. The van der Waals surface area contributed by atoms with Crippen LogP contribution in [0.2, 0.25) is 0 Å². The second-order valence-electron chi connectivity index (χ2n) is 5.97. The van der Waals surface area contributed by atoms with Crippen molar-refractivity contribution < 1.29 is 18.7 Å². The van der Waals surface area contributed by atoms with Gasteiger partial charge in [0.05, 0.1) is 26.0 Å². The Hall–Kier alpha value is -2.69. The molecule has 0 saturated carbocycles. The quantitative estimate of drug-likeness (QED) is 0.698. The summed E-state index contributed by atoms with van der Waals surface area (Å²) in [6.07, 6.45) is 4.81. The molecule has 134 valence electrons. The lowest BCUT2D eigenvalue weighted by Crippen LogP contribution is -2.19. The van der Waals surface area contributed by atoms with Crippen LogP contribution < -0.4 is 14.8 Å². The molecule has 0 unspecified atom stereocenters. The van der Waals surface area contributed by atoms with E-state index in [4.69, 9.17) is 13.9 Å². The van der Waals surface area contributed by atoms with Gasteiger partial charge in [0, 0.05) is 6.08 Å². The Morgan fingerprint density at radius 2 is 2.08 bits per heavy atom. The minimum absolute atomic E-state index is 0.186. The minimum Gasteiger partial charge on any atom is -0.490 e. The highest BCUT2D eigenvalue weighted by Gasteiger charge is 2.07. The molecule has 0 aliphatic carbocycles. The highest BCUT2D eigenvalue weighted by atomic mass is 16.5. The van der Waals surface area contributed by atoms with E-state index >= 15 is 0 Å². The molecule has 0 fully saturated rings. The number of benzene rings is 1. The third-order valence-corrected chi connectivity index (χ3v) is 3.28. The molecule has 5 nitrogen and oxygen atoms in total. The Balaban J connectivity index is 1.97. The van der Waals surface area contributed by atoms with Gasteiger partial charge in [-0.2, -0.15) is 0 Å². The van der Waals surface area contributed by atoms with Crippen LogP contribution in [0.25, 0.3) is 6.08 Å². The van der Waals surface area contributed by atoms with Crippen molar-refractivity contribution in [3.05, 3.63) is 54.0 Å². The second kappa shape index (κ2) is 9.57. The molecule has 0 saturated heterocycles. The first kappa shape index (κ1) is 18.6. The summed E-state index contributed by atoms with van der Waals surface area (Å²) in [5, 5.41) is 2.76. The molecular formula is C20H25NO4. The molecule has 1 aromatic heterocycles. The Bertz CT molecular complexity index is 690. The Morgan fingerprint density at radius 1 is 1.24 bits per heavy atom. The van der Waals surface area contributed by atoms with Crippen molar-refractivity contribution in [1.82, 2.24) is 5.32 Å². The van der Waals surface area contributed by atoms with E-state index in [1.165, 1.54) is 6.08 Å². The number of amides is 1. The lowest BCUT2D eigenvalue weighted by Gasteiger charge is -2.14. The van der Waals surface area contributed by atoms with Gasteiger partial charge in [-0.25, -0.2) is 0 Å². The number of ether oxygens (including phenoxy) is 2. The normalized spacial score (nSPS) is 11.0. The number of rotatable bonds is 9. The van der Waals surface area contributed by atoms with Crippen molar-refractivity contribution >= 4 is 12.0 Å². The van der Waals surface area contributed by atoms with Crippen LogP contribution in [0.15, 0.2) is 47.1 Å². The molecule has 0 spiro atoms. The maximum absolute atomic E-state index is 11.9. The fourth-order valence-corrected chi connectivity index (χ4v) is 2.09. The molecular weight excluding hydrogens is 318 g/mol. The SMILES string of the molecule is CCOc1cc(C=CC(=O)NCc2ccco2)ccc1OCC(C)C. The van der Waals surface area contributed by atoms with Crippen LogP contribution in [0.4, 0.5) is 0 Å². The Kier molecular flexibility index (Phi) is 7.14. The summed E-state index contributed by atoms with van der Waals surface area (Å²) < 4.78 is 16.6. The monoisotopic (exact) mass is 343 g/mol. The summed E-state index contributed by atoms with van der Waals surface area (Å²) in [4.78, 5) is 11.9. The van der Waals surface area contributed by atoms with Crippen LogP contribution in [-0.4, -0.2) is 19.1 Å². The molecule has 0 aliphatic rings. The number of nitrogens with one attached hydrogen (secondary N) is 1. The number of carbonyl (C=O) groups is 1. The highest BCUT2D eigenvalue weighted by molar-refractivity contribution is 5.91. The van der Waals surface area contributed by atoms with Gasteiger partial charge < -0.3 is 19.2 Å². The second-order valence-corrected chi connectivity index (χ2v) is 5.97. The van der Waals surface area contributed by atoms with E-state index in [2.05, 4.69) is 19.2 Å². The molecule has 25 heavy (non-hydrogen) atoms. The van der Waals surface area contributed by atoms with Gasteiger partial charge in [-0.1, -0.05) is 19.9 Å². The summed E-state index contributed by atoms with van der Waals surface area (Å²) in [7, 11) is 0. The third-order valence-electron chi connectivity index (χ3n) is 3.28.